The van der Waals surface area contributed by atoms with Gasteiger partial charge in [-0.2, -0.15) is 0 Å². The molecule has 118 valence electrons. The zero-order chi connectivity index (χ0) is 16.4. The molecule has 0 saturated carbocycles. The van der Waals surface area contributed by atoms with E-state index in [1.807, 2.05) is 13.8 Å². The fourth-order valence-electron chi connectivity index (χ4n) is 2.38. The summed E-state index contributed by atoms with van der Waals surface area (Å²) in [5.74, 6) is -2.32. The van der Waals surface area contributed by atoms with E-state index >= 15 is 0 Å². The number of hydrogen-bond donors (Lipinski definition) is 1. The van der Waals surface area contributed by atoms with Crippen molar-refractivity contribution in [2.75, 3.05) is 5.32 Å². The van der Waals surface area contributed by atoms with Gasteiger partial charge < -0.3 is 5.32 Å². The van der Waals surface area contributed by atoms with Gasteiger partial charge in [0.05, 0.1) is 10.5 Å². The van der Waals surface area contributed by atoms with Gasteiger partial charge in [-0.3, -0.25) is 14.4 Å². The highest BCUT2D eigenvalue weighted by atomic mass is 35.5. The molecule has 3 atom stereocenters. The molecule has 3 unspecified atom stereocenters. The van der Waals surface area contributed by atoms with Gasteiger partial charge in [-0.15, -0.1) is 11.8 Å². The molecule has 4 nitrogen and oxygen atoms in total. The molecule has 6 heteroatoms. The highest BCUT2D eigenvalue weighted by Gasteiger charge is 2.46. The van der Waals surface area contributed by atoms with Crippen LogP contribution >= 0.6 is 23.4 Å². The van der Waals surface area contributed by atoms with E-state index in [4.69, 9.17) is 11.6 Å². The quantitative estimate of drug-likeness (QED) is 0.859. The summed E-state index contributed by atoms with van der Waals surface area (Å²) < 4.78 is 0. The van der Waals surface area contributed by atoms with Crippen LogP contribution in [0.1, 0.15) is 20.8 Å². The van der Waals surface area contributed by atoms with Crippen LogP contribution in [0.3, 0.4) is 0 Å². The molecule has 1 aliphatic heterocycles. The summed E-state index contributed by atoms with van der Waals surface area (Å²) in [5.41, 5.74) is 0.516. The van der Waals surface area contributed by atoms with Crippen molar-refractivity contribution in [1.29, 1.82) is 0 Å². The summed E-state index contributed by atoms with van der Waals surface area (Å²) in [5, 5.41) is 2.50. The molecule has 1 aliphatic rings. The maximum Gasteiger partial charge on any atom is 0.242 e. The van der Waals surface area contributed by atoms with Crippen molar-refractivity contribution in [3.8, 4) is 0 Å². The van der Waals surface area contributed by atoms with E-state index < -0.39 is 11.8 Å². The fraction of sp³-hybridized carbons (Fsp3) is 0.438. The van der Waals surface area contributed by atoms with E-state index in [0.29, 0.717) is 10.7 Å². The maximum atomic E-state index is 12.5. The second-order valence-corrected chi connectivity index (χ2v) is 7.60. The smallest absolute Gasteiger partial charge is 0.242 e. The minimum Gasteiger partial charge on any atom is -0.325 e. The van der Waals surface area contributed by atoms with Gasteiger partial charge >= 0.3 is 0 Å². The molecule has 0 bridgehead atoms. The average Bonchev–Trinajstić information content (AvgIpc) is 2.45. The van der Waals surface area contributed by atoms with Crippen LogP contribution in [-0.2, 0) is 14.4 Å². The Morgan fingerprint density at radius 3 is 2.32 bits per heavy atom. The molecule has 2 rings (SSSR count). The Labute approximate surface area is 139 Å². The first-order chi connectivity index (χ1) is 10.3. The topological polar surface area (TPSA) is 63.2 Å². The Morgan fingerprint density at radius 2 is 1.77 bits per heavy atom. The Balaban J connectivity index is 2.20. The highest BCUT2D eigenvalue weighted by Crippen LogP contribution is 2.35. The van der Waals surface area contributed by atoms with Gasteiger partial charge in [-0.05, 0) is 37.1 Å². The van der Waals surface area contributed by atoms with Gasteiger partial charge in [-0.25, -0.2) is 0 Å². The lowest BCUT2D eigenvalue weighted by atomic mass is 9.89. The molecule has 1 aromatic rings. The normalized spacial score (nSPS) is 25.4. The molecular weight excluding hydrogens is 322 g/mol. The predicted octanol–water partition coefficient (Wildman–Crippen LogP) is 3.19. The van der Waals surface area contributed by atoms with Crippen LogP contribution in [0.5, 0.6) is 0 Å². The van der Waals surface area contributed by atoms with Gasteiger partial charge in [0.2, 0.25) is 5.91 Å². The number of halogens is 1. The van der Waals surface area contributed by atoms with Crippen molar-refractivity contribution < 1.29 is 14.4 Å². The number of nitrogens with one attached hydrogen (secondary N) is 1. The molecule has 0 aromatic heterocycles. The number of hydrogen-bond acceptors (Lipinski definition) is 4. The first-order valence-corrected chi connectivity index (χ1v) is 8.42. The van der Waals surface area contributed by atoms with Crippen molar-refractivity contribution in [2.24, 2.45) is 11.8 Å². The zero-order valence-electron chi connectivity index (χ0n) is 12.6. The van der Waals surface area contributed by atoms with Gasteiger partial charge in [-0.1, -0.05) is 25.4 Å². The molecule has 1 aromatic carbocycles. The van der Waals surface area contributed by atoms with Gasteiger partial charge in [0.15, 0.2) is 17.5 Å². The Hall–Kier alpha value is -1.33. The number of benzene rings is 1. The molecule has 1 fully saturated rings. The number of rotatable bonds is 3. The lowest BCUT2D eigenvalue weighted by molar-refractivity contribution is -0.139. The Kier molecular flexibility index (Phi) is 5.29. The third-order valence-electron chi connectivity index (χ3n) is 3.58. The van der Waals surface area contributed by atoms with E-state index in [-0.39, 0.29) is 28.0 Å². The van der Waals surface area contributed by atoms with Crippen LogP contribution in [0.15, 0.2) is 24.3 Å². The Morgan fingerprint density at radius 1 is 1.18 bits per heavy atom. The molecule has 1 amide bonds. The number of thioether (sulfide) groups is 1. The summed E-state index contributed by atoms with van der Waals surface area (Å²) in [6, 6.07) is 6.54. The van der Waals surface area contributed by atoms with Crippen molar-refractivity contribution in [3.63, 3.8) is 0 Å². The third-order valence-corrected chi connectivity index (χ3v) is 5.54. The second-order valence-electron chi connectivity index (χ2n) is 5.68. The molecule has 1 heterocycles. The van der Waals surface area contributed by atoms with Crippen LogP contribution < -0.4 is 5.32 Å². The maximum absolute atomic E-state index is 12.5. The van der Waals surface area contributed by atoms with Crippen molar-refractivity contribution >= 4 is 46.5 Å². The predicted molar refractivity (Wildman–Crippen MR) is 89.3 cm³/mol. The number of carbonyl (C=O) groups excluding carboxylic acids is 3. The summed E-state index contributed by atoms with van der Waals surface area (Å²) in [7, 11) is 0. The molecule has 0 radical (unpaired) electrons. The molecule has 0 spiro atoms. The molecule has 1 N–H and O–H groups in total. The second kappa shape index (κ2) is 6.84. The number of carbonyl (C=O) groups is 3. The summed E-state index contributed by atoms with van der Waals surface area (Å²) in [6.07, 6.45) is 0. The van der Waals surface area contributed by atoms with Crippen LogP contribution in [0.2, 0.25) is 5.02 Å². The van der Waals surface area contributed by atoms with E-state index in [0.717, 1.165) is 0 Å². The van der Waals surface area contributed by atoms with Gasteiger partial charge in [0, 0.05) is 10.7 Å². The monoisotopic (exact) mass is 339 g/mol. The van der Waals surface area contributed by atoms with Crippen LogP contribution in [0.25, 0.3) is 0 Å². The van der Waals surface area contributed by atoms with E-state index in [2.05, 4.69) is 5.32 Å². The van der Waals surface area contributed by atoms with Crippen molar-refractivity contribution in [2.45, 2.75) is 31.3 Å². The molecule has 0 aliphatic carbocycles. The average molecular weight is 340 g/mol. The highest BCUT2D eigenvalue weighted by molar-refractivity contribution is 8.02. The lowest BCUT2D eigenvalue weighted by Gasteiger charge is -2.31. The van der Waals surface area contributed by atoms with Crippen LogP contribution in [-0.4, -0.2) is 28.0 Å². The third kappa shape index (κ3) is 3.52. The van der Waals surface area contributed by atoms with E-state index in [1.165, 1.54) is 11.8 Å². The van der Waals surface area contributed by atoms with Crippen LogP contribution in [0, 0.1) is 11.8 Å². The van der Waals surface area contributed by atoms with E-state index in [9.17, 15) is 14.4 Å². The molecular formula is C16H18ClNO3S. The minimum atomic E-state index is -1.22. The largest absolute Gasteiger partial charge is 0.325 e. The minimum absolute atomic E-state index is 0.0823. The van der Waals surface area contributed by atoms with Gasteiger partial charge in [0.25, 0.3) is 0 Å². The van der Waals surface area contributed by atoms with Crippen molar-refractivity contribution in [1.82, 2.24) is 0 Å². The lowest BCUT2D eigenvalue weighted by Crippen LogP contribution is -2.49. The summed E-state index contributed by atoms with van der Waals surface area (Å²) in [6.45, 7) is 5.59. The first-order valence-electron chi connectivity index (χ1n) is 7.10. The standard InChI is InChI=1S/C16H18ClNO3S/c1-8(2)15-14(20)12(13(19)9(3)22-15)16(21)18-11-6-4-10(17)5-7-11/h4-9,12,15H,1-3H3,(H,18,21). The fourth-order valence-corrected chi connectivity index (χ4v) is 3.81. The molecule has 22 heavy (non-hydrogen) atoms. The number of amides is 1. The number of anilines is 1. The summed E-state index contributed by atoms with van der Waals surface area (Å²) >= 11 is 7.14. The molecule has 1 saturated heterocycles. The Bertz CT molecular complexity index is 600. The number of Topliss-reactive ketones (excluding diaryl/α,β-unsaturated/α-hetero) is 2. The summed E-state index contributed by atoms with van der Waals surface area (Å²) in [4.78, 5) is 37.1. The van der Waals surface area contributed by atoms with Gasteiger partial charge in [0.1, 0.15) is 0 Å². The first kappa shape index (κ1) is 17.0. The van der Waals surface area contributed by atoms with Crippen molar-refractivity contribution in [3.05, 3.63) is 29.3 Å². The van der Waals surface area contributed by atoms with Crippen LogP contribution in [0.4, 0.5) is 5.69 Å². The van der Waals surface area contributed by atoms with E-state index in [1.54, 1.807) is 31.2 Å². The number of ketones is 2. The zero-order valence-corrected chi connectivity index (χ0v) is 14.2. The SMILES string of the molecule is CC1SC(C(C)C)C(=O)C(C(=O)Nc2ccc(Cl)cc2)C1=O.